The first-order valence-corrected chi connectivity index (χ1v) is 41.2. The summed E-state index contributed by atoms with van der Waals surface area (Å²) < 4.78 is 60.7. The van der Waals surface area contributed by atoms with Crippen LogP contribution in [-0.2, 0) is 51.0 Å². The Morgan fingerprint density at radius 3 is 1.46 bits per heavy atom. The largest absolute Gasteiger partial charge is 0.503 e. The Morgan fingerprint density at radius 2 is 1.10 bits per heavy atom. The summed E-state index contributed by atoms with van der Waals surface area (Å²) in [5.74, 6) is 0.135. The minimum atomic E-state index is -3.48. The number of benzene rings is 1. The molecule has 2 aliphatic rings. The lowest BCUT2D eigenvalue weighted by Crippen LogP contribution is -2.52. The number of fused-ring (bicyclic) bond motifs is 2. The number of hydrogen-bond donors (Lipinski definition) is 10. The normalized spacial score (nSPS) is 14.8. The molecule has 4 rings (SSSR count). The summed E-state index contributed by atoms with van der Waals surface area (Å²) >= 11 is 9.53. The fraction of sp³-hybridized carbons (Fsp3) is 0.763. The summed E-state index contributed by atoms with van der Waals surface area (Å²) in [5, 5.41) is 38.0. The molecule has 1 aromatic heterocycles. The molecule has 1 aromatic carbocycles. The number of rotatable bonds is 25. The highest BCUT2D eigenvalue weighted by molar-refractivity contribution is 7.86. The van der Waals surface area contributed by atoms with Crippen LogP contribution in [0, 0.1) is 29.5 Å². The molecule has 0 bridgehead atoms. The molecule has 12 N–H and O–H groups in total. The number of carbonyl (C=O) groups is 7. The number of amides is 5. The summed E-state index contributed by atoms with van der Waals surface area (Å²) in [4.78, 5) is 99.7. The van der Waals surface area contributed by atoms with Gasteiger partial charge < -0.3 is 86.8 Å². The second kappa shape index (κ2) is 62.1. The van der Waals surface area contributed by atoms with Crippen LogP contribution in [0.15, 0.2) is 40.4 Å². The van der Waals surface area contributed by atoms with Crippen molar-refractivity contribution in [2.24, 2.45) is 40.3 Å². The summed E-state index contributed by atoms with van der Waals surface area (Å²) in [5.41, 5.74) is 16.7. The van der Waals surface area contributed by atoms with Gasteiger partial charge in [-0.05, 0) is 191 Å². The molecule has 8 atom stereocenters. The number of halogens is 3. The number of hydrogen-bond acceptors (Lipinski definition) is 23. The van der Waals surface area contributed by atoms with E-state index in [4.69, 9.17) is 64.3 Å². The molecule has 5 amide bonds. The number of alkyl carbamates (subject to hydrolysis) is 4. The molecule has 0 spiro atoms. The zero-order valence-electron chi connectivity index (χ0n) is 72.7. The Bertz CT molecular complexity index is 3160. The fourth-order valence-corrected chi connectivity index (χ4v) is 9.04. The van der Waals surface area contributed by atoms with Crippen LogP contribution in [0.25, 0.3) is 10.4 Å². The number of nitrogens with one attached hydrogen (secondary N) is 6. The molecular formula is C76H146Cl2FN14O17PS. The highest BCUT2D eigenvalue weighted by Crippen LogP contribution is 2.32. The number of ether oxygens (including phenoxy) is 4. The van der Waals surface area contributed by atoms with E-state index >= 15 is 0 Å². The number of pyridine rings is 1. The molecule has 0 saturated carbocycles. The third kappa shape index (κ3) is 68.2. The Balaban J connectivity index is -0.000000306. The van der Waals surface area contributed by atoms with Gasteiger partial charge in [0.1, 0.15) is 40.7 Å². The second-order valence-electron chi connectivity index (χ2n) is 32.0. The molecule has 654 valence electrons. The fourth-order valence-electron chi connectivity index (χ4n) is 8.59. The maximum absolute atomic E-state index is 13.2. The van der Waals surface area contributed by atoms with E-state index in [0.717, 1.165) is 70.4 Å². The Hall–Kier alpha value is -6.22. The van der Waals surface area contributed by atoms with Crippen molar-refractivity contribution < 1.29 is 79.7 Å². The van der Waals surface area contributed by atoms with Crippen LogP contribution >= 0.6 is 32.4 Å². The van der Waals surface area contributed by atoms with E-state index in [2.05, 4.69) is 109 Å². The van der Waals surface area contributed by atoms with E-state index in [9.17, 15) is 56.3 Å². The first-order chi connectivity index (χ1) is 51.3. The molecule has 2 aromatic rings. The zero-order chi connectivity index (χ0) is 88.8. The highest BCUT2D eigenvalue weighted by Gasteiger charge is 2.46. The van der Waals surface area contributed by atoms with E-state index in [1.807, 2.05) is 83.1 Å². The predicted molar refractivity (Wildman–Crippen MR) is 451 cm³/mol. The quantitative estimate of drug-likeness (QED) is 0.00508. The minimum absolute atomic E-state index is 0.0356. The van der Waals surface area contributed by atoms with Crippen LogP contribution in [0.1, 0.15) is 220 Å². The number of carbonyl (C=O) groups excluding carboxylic acids is 7. The number of nitrogens with two attached hydrogens (primary N) is 2. The summed E-state index contributed by atoms with van der Waals surface area (Å²) in [6.45, 7) is 57.6. The maximum Gasteiger partial charge on any atom is 0.407 e. The van der Waals surface area contributed by atoms with Gasteiger partial charge in [0.05, 0.1) is 36.4 Å². The molecular weight excluding hydrogens is 1530 g/mol. The smallest absolute Gasteiger partial charge is 0.407 e. The maximum atomic E-state index is 13.2. The monoisotopic (exact) mass is 1680 g/mol. The summed E-state index contributed by atoms with van der Waals surface area (Å²) in [6, 6.07) is 5.45. The van der Waals surface area contributed by atoms with Crippen molar-refractivity contribution in [3.05, 3.63) is 73.8 Å². The van der Waals surface area contributed by atoms with Crippen molar-refractivity contribution in [2.45, 2.75) is 271 Å². The number of aromatic nitrogens is 1. The van der Waals surface area contributed by atoms with E-state index in [1.165, 1.54) is 24.5 Å². The van der Waals surface area contributed by atoms with Crippen LogP contribution in [0.4, 0.5) is 23.6 Å². The average molecular weight is 1680 g/mol. The number of nitrogens with zero attached hydrogens (tertiary/aromatic N) is 6. The number of aldehydes is 1. The van der Waals surface area contributed by atoms with Gasteiger partial charge >= 0.3 is 24.4 Å². The van der Waals surface area contributed by atoms with Crippen molar-refractivity contribution in [3.8, 4) is 5.75 Å². The van der Waals surface area contributed by atoms with Crippen LogP contribution in [0.2, 0.25) is 0 Å². The third-order valence-corrected chi connectivity index (χ3v) is 13.4. The first kappa shape index (κ1) is 117. The molecule has 36 heteroatoms. The van der Waals surface area contributed by atoms with Gasteiger partial charge in [-0.1, -0.05) is 79.6 Å². The lowest BCUT2D eigenvalue weighted by Gasteiger charge is -2.38. The van der Waals surface area contributed by atoms with Crippen molar-refractivity contribution in [2.75, 3.05) is 83.8 Å². The van der Waals surface area contributed by atoms with Gasteiger partial charge in [0.25, 0.3) is 16.0 Å². The number of Topliss-reactive ketones (excluding diaryl/α,β-unsaturated/α-hetero) is 1. The lowest BCUT2D eigenvalue weighted by atomic mass is 10.0. The van der Waals surface area contributed by atoms with E-state index in [1.54, 1.807) is 77.0 Å². The molecule has 1 saturated heterocycles. The van der Waals surface area contributed by atoms with Gasteiger partial charge in [-0.25, -0.2) is 23.6 Å². The van der Waals surface area contributed by atoms with E-state index in [-0.39, 0.29) is 96.3 Å². The molecule has 112 heavy (non-hydrogen) atoms. The number of aliphatic hydroxyl groups is 1. The van der Waals surface area contributed by atoms with Gasteiger partial charge in [-0.15, -0.1) is 32.4 Å². The van der Waals surface area contributed by atoms with E-state index in [0.29, 0.717) is 31.3 Å². The molecule has 31 nitrogen and oxygen atoms in total. The first-order valence-electron chi connectivity index (χ1n) is 37.5. The van der Waals surface area contributed by atoms with E-state index < -0.39 is 73.8 Å². The Labute approximate surface area is 682 Å². The number of aliphatic hydroxyl groups excluding tert-OH is 1. The molecule has 3 heterocycles. The van der Waals surface area contributed by atoms with Gasteiger partial charge in [0.15, 0.2) is 17.2 Å². The predicted octanol–water partition coefficient (Wildman–Crippen LogP) is 12.1. The Kier molecular flexibility index (Phi) is 64.7. The number of aromatic hydroxyl groups is 1. The third-order valence-electron chi connectivity index (χ3n) is 12.9. The molecule has 2 unspecified atom stereocenters. The summed E-state index contributed by atoms with van der Waals surface area (Å²) in [6.07, 6.45) is 2.78. The topological polar surface area (TPSA) is 442 Å². The van der Waals surface area contributed by atoms with Crippen molar-refractivity contribution in [1.29, 1.82) is 0 Å². The lowest BCUT2D eigenvalue weighted by molar-refractivity contribution is -0.110. The summed E-state index contributed by atoms with van der Waals surface area (Å²) in [7, 11) is 0.0965. The van der Waals surface area contributed by atoms with Gasteiger partial charge in [0, 0.05) is 100 Å². The Morgan fingerprint density at radius 1 is 0.705 bits per heavy atom. The molecule has 0 aliphatic carbocycles. The molecule has 0 radical (unpaired) electrons. The highest BCUT2D eigenvalue weighted by atomic mass is 35.5. The van der Waals surface area contributed by atoms with Crippen molar-refractivity contribution in [1.82, 2.24) is 46.3 Å². The molecule has 1 fully saturated rings. The number of ketones is 1. The molecule has 2 aliphatic heterocycles. The van der Waals surface area contributed by atoms with Gasteiger partial charge in [-0.2, -0.15) is 8.42 Å². The van der Waals surface area contributed by atoms with Crippen LogP contribution in [-0.4, -0.2) is 224 Å². The van der Waals surface area contributed by atoms with Crippen LogP contribution in [0.5, 0.6) is 5.75 Å². The van der Waals surface area contributed by atoms with Crippen molar-refractivity contribution in [3.63, 3.8) is 0 Å². The SMILES string of the molecule is CC(C)C=O.CC(C)CN1C[C@@H](C)N2C(=O)c3c(O)c(=O)c(C(=O)CCc4ccc(F)cc4)cn3CC12.CC(C)CNC[C@@H](C)N.CC(C)CNC[C@@H](C)NC(=O)OC(C)(C)C.CCP.CO.C[C@H](CN)NC(=O)OC(C)(C)C.C[C@H](CN=[N+]=[N-])NC(=O)OC(C)(C)C.C[C@H](COS(C)(=O)=O)NC(=O)OC(C)(C)C.ClCCl. The number of aryl methyl sites for hydroxylation is 1. The van der Waals surface area contributed by atoms with Gasteiger partial charge in [-0.3, -0.25) is 23.5 Å². The van der Waals surface area contributed by atoms with Crippen LogP contribution < -0.4 is 48.8 Å². The van der Waals surface area contributed by atoms with Gasteiger partial charge in [0.2, 0.25) is 5.43 Å². The number of azide groups is 1. The minimum Gasteiger partial charge on any atom is -0.503 e. The standard InChI is InChI=1S/C24H28FN3O4.C12H26N2O2.C9H19NO5S.C8H16N4O2.C8H18N2O2.C7H18N2.C4H8O.C2H7P.CH2Cl2.CH4O/c1-14(2)10-26-11-15(3)28-20(26)13-27-12-18(22(30)23(31)21(27)24(28)32)19(29)9-6-16-4-7-17(25)8-5-16;1-9(2)7-13-8-10(3)14-11(15)16-12(4,5)6;1-7(6-14-16(5,12)13)10-8(11)15-9(2,3)4;1-6(5-10-12-9)11-7(13)14-8(2,3)4;1-6(5-9)10-7(11)12-8(2,3)4;1-6(2)4-9-5-7(3)8;1-4(2)3-5;1-2-3;2-1-3;1-2/h4-5,7-8,12,14-15,20,31H,6,9-11,13H2,1-3H3;9-10,13H,7-8H2,1-6H3,(H,14,15);7H,6H2,1-5H3,(H,10,11);6H,5H2,1-4H3,(H,11,13);6H,5,9H2,1-4H3,(H,10,11);6-7,9H,4-5,8H2,1-3H3;3-4H,1-2H3;2-3H2,1H3;1H2;2H,1H3/t15-,20?;10-;7-;2*6-;7-;;;;/m111111..../s1. The zero-order valence-corrected chi connectivity index (χ0v) is 76.2. The van der Waals surface area contributed by atoms with Crippen molar-refractivity contribution >= 4 is 84.9 Å². The second-order valence-corrected chi connectivity index (χ2v) is 35.2. The number of alkyl halides is 2. The average Bonchev–Trinajstić information content (AvgIpc) is 1.51. The van der Waals surface area contributed by atoms with Crippen LogP contribution in [0.3, 0.4) is 0 Å².